The Kier molecular flexibility index (Phi) is 5.83. The summed E-state index contributed by atoms with van der Waals surface area (Å²) in [4.78, 5) is 30.8. The van der Waals surface area contributed by atoms with Gasteiger partial charge in [0.1, 0.15) is 0 Å². The van der Waals surface area contributed by atoms with Gasteiger partial charge < -0.3 is 4.74 Å². The predicted octanol–water partition coefficient (Wildman–Crippen LogP) is 4.25. The summed E-state index contributed by atoms with van der Waals surface area (Å²) in [6, 6.07) is 14.9. The van der Waals surface area contributed by atoms with Crippen LogP contribution in [0.3, 0.4) is 0 Å². The van der Waals surface area contributed by atoms with Crippen molar-refractivity contribution in [3.8, 4) is 0 Å². The van der Waals surface area contributed by atoms with Gasteiger partial charge in [-0.05, 0) is 38.8 Å². The molecule has 0 aliphatic carbocycles. The molecule has 2 aromatic carbocycles. The van der Waals surface area contributed by atoms with Gasteiger partial charge in [-0.15, -0.1) is 0 Å². The summed E-state index contributed by atoms with van der Waals surface area (Å²) in [7, 11) is 0. The van der Waals surface area contributed by atoms with Crippen LogP contribution < -0.4 is 5.56 Å². The molecule has 0 N–H and O–H groups in total. The summed E-state index contributed by atoms with van der Waals surface area (Å²) in [5.74, 6) is 0.0288. The monoisotopic (exact) mass is 408 g/mol. The Hall–Kier alpha value is -2.44. The zero-order valence-electron chi connectivity index (χ0n) is 16.6. The fourth-order valence-electron chi connectivity index (χ4n) is 3.55. The molecule has 1 aliphatic rings. The quantitative estimate of drug-likeness (QED) is 0.347. The van der Waals surface area contributed by atoms with Gasteiger partial charge in [0.2, 0.25) is 0 Å². The second-order valence-electron chi connectivity index (χ2n) is 7.45. The van der Waals surface area contributed by atoms with E-state index in [1.165, 1.54) is 11.8 Å². The topological polar surface area (TPSA) is 61.2 Å². The average Bonchev–Trinajstić information content (AvgIpc) is 3.24. The molecule has 0 amide bonds. The van der Waals surface area contributed by atoms with Gasteiger partial charge >= 0.3 is 0 Å². The molecule has 150 valence electrons. The van der Waals surface area contributed by atoms with Gasteiger partial charge in [-0.3, -0.25) is 14.2 Å². The van der Waals surface area contributed by atoms with Crippen molar-refractivity contribution in [3.63, 3.8) is 0 Å². The Bertz CT molecular complexity index is 1090. The van der Waals surface area contributed by atoms with Gasteiger partial charge in [0.15, 0.2) is 10.9 Å². The van der Waals surface area contributed by atoms with Crippen molar-refractivity contribution in [2.24, 2.45) is 0 Å². The molecule has 0 bridgehead atoms. The third-order valence-electron chi connectivity index (χ3n) is 5.22. The van der Waals surface area contributed by atoms with E-state index in [0.717, 1.165) is 25.0 Å². The SMILES string of the molecule is Cc1ccc(C(=O)[C@@H](C)Sc2nc3ccccc3c(=O)n2C[C@H]2CCCO2)cc1. The van der Waals surface area contributed by atoms with Crippen molar-refractivity contribution in [1.82, 2.24) is 9.55 Å². The zero-order valence-corrected chi connectivity index (χ0v) is 17.4. The summed E-state index contributed by atoms with van der Waals surface area (Å²) in [6.07, 6.45) is 1.95. The second-order valence-corrected chi connectivity index (χ2v) is 8.76. The molecule has 3 aromatic rings. The van der Waals surface area contributed by atoms with Gasteiger partial charge in [-0.1, -0.05) is 53.7 Å². The second kappa shape index (κ2) is 8.51. The molecule has 29 heavy (non-hydrogen) atoms. The number of benzene rings is 2. The predicted molar refractivity (Wildman–Crippen MR) is 116 cm³/mol. The standard InChI is InChI=1S/C23H24N2O3S/c1-15-9-11-17(12-10-15)21(26)16(2)29-23-24-20-8-4-3-7-19(20)22(27)25(23)14-18-6-5-13-28-18/h3-4,7-12,16,18H,5-6,13-14H2,1-2H3/t16-,18-/m1/s1. The van der Waals surface area contributed by atoms with Gasteiger partial charge in [-0.2, -0.15) is 0 Å². The average molecular weight is 409 g/mol. The number of Topliss-reactive ketones (excluding diaryl/α,β-unsaturated/α-hetero) is 1. The lowest BCUT2D eigenvalue weighted by Crippen LogP contribution is -2.29. The number of ketones is 1. The van der Waals surface area contributed by atoms with E-state index < -0.39 is 0 Å². The van der Waals surface area contributed by atoms with Crippen LogP contribution in [0.2, 0.25) is 0 Å². The molecule has 1 aromatic heterocycles. The highest BCUT2D eigenvalue weighted by molar-refractivity contribution is 8.00. The van der Waals surface area contributed by atoms with E-state index in [9.17, 15) is 9.59 Å². The lowest BCUT2D eigenvalue weighted by molar-refractivity contribution is 0.0937. The molecule has 5 nitrogen and oxygen atoms in total. The summed E-state index contributed by atoms with van der Waals surface area (Å²) in [6.45, 7) is 5.05. The normalized spacial score (nSPS) is 17.5. The first-order chi connectivity index (χ1) is 14.0. The number of fused-ring (bicyclic) bond motifs is 1. The van der Waals surface area contributed by atoms with Gasteiger partial charge in [-0.25, -0.2) is 4.98 Å². The number of nitrogens with zero attached hydrogens (tertiary/aromatic N) is 2. The molecule has 1 aliphatic heterocycles. The molecule has 2 heterocycles. The third-order valence-corrected chi connectivity index (χ3v) is 6.31. The van der Waals surface area contributed by atoms with Crippen LogP contribution in [0.1, 0.15) is 35.7 Å². The Morgan fingerprint density at radius 1 is 1.24 bits per heavy atom. The molecular formula is C23H24N2O3S. The number of carbonyl (C=O) groups excluding carboxylic acids is 1. The lowest BCUT2D eigenvalue weighted by atomic mass is 10.1. The van der Waals surface area contributed by atoms with E-state index in [1.54, 1.807) is 10.6 Å². The third kappa shape index (κ3) is 4.28. The molecule has 6 heteroatoms. The molecule has 0 unspecified atom stereocenters. The molecule has 4 rings (SSSR count). The first kappa shape index (κ1) is 19.9. The van der Waals surface area contributed by atoms with E-state index in [-0.39, 0.29) is 22.7 Å². The van der Waals surface area contributed by atoms with E-state index >= 15 is 0 Å². The molecular weight excluding hydrogens is 384 g/mol. The molecule has 0 saturated carbocycles. The van der Waals surface area contributed by atoms with E-state index in [0.29, 0.717) is 28.2 Å². The van der Waals surface area contributed by atoms with Crippen molar-refractivity contribution < 1.29 is 9.53 Å². The zero-order chi connectivity index (χ0) is 20.4. The van der Waals surface area contributed by atoms with Crippen molar-refractivity contribution in [2.45, 2.75) is 49.7 Å². The number of aryl methyl sites for hydroxylation is 1. The van der Waals surface area contributed by atoms with Crippen LogP contribution in [-0.2, 0) is 11.3 Å². The molecule has 2 atom stereocenters. The minimum Gasteiger partial charge on any atom is -0.376 e. The summed E-state index contributed by atoms with van der Waals surface area (Å²) >= 11 is 1.34. The van der Waals surface area contributed by atoms with Crippen LogP contribution in [0.25, 0.3) is 10.9 Å². The minimum absolute atomic E-state index is 0.0121. The van der Waals surface area contributed by atoms with Gasteiger partial charge in [0.25, 0.3) is 5.56 Å². The van der Waals surface area contributed by atoms with Crippen LogP contribution in [0.15, 0.2) is 58.5 Å². The summed E-state index contributed by atoms with van der Waals surface area (Å²) in [5, 5.41) is 0.797. The number of rotatable bonds is 6. The molecule has 1 fully saturated rings. The van der Waals surface area contributed by atoms with Crippen LogP contribution >= 0.6 is 11.8 Å². The van der Waals surface area contributed by atoms with Crippen molar-refractivity contribution in [1.29, 1.82) is 0 Å². The maximum atomic E-state index is 13.2. The van der Waals surface area contributed by atoms with Crippen molar-refractivity contribution in [2.75, 3.05) is 6.61 Å². The van der Waals surface area contributed by atoms with Crippen LogP contribution in [0, 0.1) is 6.92 Å². The van der Waals surface area contributed by atoms with E-state index in [2.05, 4.69) is 0 Å². The minimum atomic E-state index is -0.360. The number of para-hydroxylation sites is 1. The fraction of sp³-hybridized carbons (Fsp3) is 0.348. The Morgan fingerprint density at radius 3 is 2.72 bits per heavy atom. The largest absolute Gasteiger partial charge is 0.376 e. The fourth-order valence-corrected chi connectivity index (χ4v) is 4.55. The smallest absolute Gasteiger partial charge is 0.262 e. The number of ether oxygens (including phenoxy) is 1. The Labute approximate surface area is 174 Å². The van der Waals surface area contributed by atoms with Gasteiger partial charge in [0, 0.05) is 12.2 Å². The lowest BCUT2D eigenvalue weighted by Gasteiger charge is -2.18. The number of thioether (sulfide) groups is 1. The first-order valence-electron chi connectivity index (χ1n) is 9.91. The summed E-state index contributed by atoms with van der Waals surface area (Å²) in [5.41, 5.74) is 2.36. The number of hydrogen-bond acceptors (Lipinski definition) is 5. The summed E-state index contributed by atoms with van der Waals surface area (Å²) < 4.78 is 7.43. The van der Waals surface area contributed by atoms with E-state index in [4.69, 9.17) is 9.72 Å². The van der Waals surface area contributed by atoms with Gasteiger partial charge in [0.05, 0.1) is 28.8 Å². The van der Waals surface area contributed by atoms with Crippen LogP contribution in [-0.4, -0.2) is 33.3 Å². The molecule has 0 spiro atoms. The maximum Gasteiger partial charge on any atom is 0.262 e. The first-order valence-corrected chi connectivity index (χ1v) is 10.8. The number of carbonyl (C=O) groups is 1. The highest BCUT2D eigenvalue weighted by Gasteiger charge is 2.23. The van der Waals surface area contributed by atoms with E-state index in [1.807, 2.05) is 56.3 Å². The highest BCUT2D eigenvalue weighted by atomic mass is 32.2. The molecule has 0 radical (unpaired) electrons. The number of aromatic nitrogens is 2. The van der Waals surface area contributed by atoms with Crippen molar-refractivity contribution in [3.05, 3.63) is 70.0 Å². The van der Waals surface area contributed by atoms with Crippen LogP contribution in [0.4, 0.5) is 0 Å². The van der Waals surface area contributed by atoms with Crippen LogP contribution in [0.5, 0.6) is 0 Å². The number of hydrogen-bond donors (Lipinski definition) is 0. The Morgan fingerprint density at radius 2 is 2.00 bits per heavy atom. The Balaban J connectivity index is 1.68. The molecule has 1 saturated heterocycles. The van der Waals surface area contributed by atoms with Crippen molar-refractivity contribution >= 4 is 28.4 Å². The highest BCUT2D eigenvalue weighted by Crippen LogP contribution is 2.26. The maximum absolute atomic E-state index is 13.2.